The number of Topliss-reactive ketones (excluding diaryl/α,β-unsaturated/α-hetero) is 1. The molecule has 22 heavy (non-hydrogen) atoms. The highest BCUT2D eigenvalue weighted by atomic mass is 16.5. The van der Waals surface area contributed by atoms with Gasteiger partial charge in [0, 0.05) is 25.9 Å². The maximum atomic E-state index is 11.6. The molecule has 0 bridgehead atoms. The number of hydrogen-bond donors (Lipinski definition) is 0. The Bertz CT molecular complexity index is 416. The van der Waals surface area contributed by atoms with Gasteiger partial charge < -0.3 is 9.47 Å². The Morgan fingerprint density at radius 2 is 2.00 bits per heavy atom. The number of carbonyl (C=O) groups is 2. The second-order valence-electron chi connectivity index (χ2n) is 4.95. The Kier molecular flexibility index (Phi) is 9.96. The third-order valence-electron chi connectivity index (χ3n) is 3.01. The zero-order chi connectivity index (χ0) is 16.0. The summed E-state index contributed by atoms with van der Waals surface area (Å²) in [4.78, 5) is 21.7. The lowest BCUT2D eigenvalue weighted by molar-refractivity contribution is -0.131. The van der Waals surface area contributed by atoms with E-state index in [9.17, 15) is 9.59 Å². The molecule has 1 aromatic carbocycles. The highest BCUT2D eigenvalue weighted by molar-refractivity contribution is 5.88. The summed E-state index contributed by atoms with van der Waals surface area (Å²) in [6, 6.07) is 10.0. The summed E-state index contributed by atoms with van der Waals surface area (Å²) in [5, 5.41) is 0. The molecule has 119 valence electrons. The van der Waals surface area contributed by atoms with Crippen LogP contribution in [0.2, 0.25) is 0 Å². The molecule has 0 unspecified atom stereocenters. The van der Waals surface area contributed by atoms with Crippen molar-refractivity contribution in [1.82, 2.24) is 0 Å². The Morgan fingerprint density at radius 3 is 2.73 bits per heavy atom. The largest absolute Gasteiger partial charge is 0.465 e. The van der Waals surface area contributed by atoms with E-state index < -0.39 is 0 Å². The highest BCUT2D eigenvalue weighted by Crippen LogP contribution is 2.06. The first kappa shape index (κ1) is 18.4. The fourth-order valence-corrected chi connectivity index (χ4v) is 1.80. The quantitative estimate of drug-likeness (QED) is 0.415. The zero-order valence-electron chi connectivity index (χ0n) is 12.9. The minimum atomic E-state index is -0.312. The lowest BCUT2D eigenvalue weighted by Gasteiger charge is -2.07. The van der Waals surface area contributed by atoms with E-state index in [4.69, 9.17) is 4.74 Å². The summed E-state index contributed by atoms with van der Waals surface area (Å²) >= 11 is 0. The normalized spacial score (nSPS) is 11.9. The highest BCUT2D eigenvalue weighted by Gasteiger charge is 2.06. The Labute approximate surface area is 132 Å². The van der Waals surface area contributed by atoms with Crippen molar-refractivity contribution < 1.29 is 19.1 Å². The number of carbonyl (C=O) groups excluding carboxylic acids is 2. The molecule has 0 amide bonds. The molecule has 0 aromatic heterocycles. The van der Waals surface area contributed by atoms with Crippen LogP contribution in [-0.4, -0.2) is 25.0 Å². The standard InChI is InChI=1S/C18H23O4/c1-16(22-15-19)8-7-12-18(20)11-5-6-13-21-14-17-9-3-2-4-10-17/h2-4,7-10,12,15-16H,5-6,11,13-14H2,1H3/t16-/m0/s1. The van der Waals surface area contributed by atoms with E-state index in [0.29, 0.717) is 26.1 Å². The van der Waals surface area contributed by atoms with E-state index in [0.717, 1.165) is 18.4 Å². The summed E-state index contributed by atoms with van der Waals surface area (Å²) in [6.45, 7) is 3.39. The maximum Gasteiger partial charge on any atom is 0.293 e. The predicted octanol–water partition coefficient (Wildman–Crippen LogP) is 3.12. The SMILES string of the molecule is C[C@@H]([CH][CH][CH]C(=O)CCCCOCc1ccccc1)OC=O. The first-order chi connectivity index (χ1) is 10.7. The fraction of sp³-hybridized carbons (Fsp3) is 0.389. The van der Waals surface area contributed by atoms with Crippen molar-refractivity contribution in [3.63, 3.8) is 0 Å². The summed E-state index contributed by atoms with van der Waals surface area (Å²) in [5.74, 6) is 0.0672. The van der Waals surface area contributed by atoms with E-state index in [1.165, 1.54) is 6.42 Å². The predicted molar refractivity (Wildman–Crippen MR) is 84.5 cm³/mol. The number of ether oxygens (including phenoxy) is 2. The van der Waals surface area contributed by atoms with Crippen molar-refractivity contribution in [2.75, 3.05) is 6.61 Å². The molecule has 0 saturated carbocycles. The monoisotopic (exact) mass is 303 g/mol. The third kappa shape index (κ3) is 9.29. The second-order valence-corrected chi connectivity index (χ2v) is 4.95. The molecule has 0 saturated heterocycles. The van der Waals surface area contributed by atoms with Gasteiger partial charge in [-0.1, -0.05) is 30.3 Å². The smallest absolute Gasteiger partial charge is 0.293 e. The van der Waals surface area contributed by atoms with Gasteiger partial charge in [0.25, 0.3) is 6.47 Å². The van der Waals surface area contributed by atoms with Gasteiger partial charge in [-0.15, -0.1) is 0 Å². The van der Waals surface area contributed by atoms with Crippen molar-refractivity contribution in [2.45, 2.75) is 38.9 Å². The van der Waals surface area contributed by atoms with Crippen LogP contribution in [-0.2, 0) is 25.7 Å². The van der Waals surface area contributed by atoms with Crippen LogP contribution in [0.5, 0.6) is 0 Å². The minimum absolute atomic E-state index is 0.0672. The van der Waals surface area contributed by atoms with Crippen molar-refractivity contribution in [2.24, 2.45) is 0 Å². The van der Waals surface area contributed by atoms with Crippen LogP contribution in [0.25, 0.3) is 0 Å². The molecule has 0 aliphatic carbocycles. The van der Waals surface area contributed by atoms with Gasteiger partial charge in [-0.25, -0.2) is 0 Å². The molecule has 3 radical (unpaired) electrons. The van der Waals surface area contributed by atoms with Gasteiger partial charge in [0.05, 0.1) is 6.61 Å². The molecular weight excluding hydrogens is 280 g/mol. The van der Waals surface area contributed by atoms with Gasteiger partial charge >= 0.3 is 0 Å². The van der Waals surface area contributed by atoms with Crippen LogP contribution in [0.15, 0.2) is 30.3 Å². The van der Waals surface area contributed by atoms with Crippen LogP contribution in [0.3, 0.4) is 0 Å². The lowest BCUT2D eigenvalue weighted by Crippen LogP contribution is -2.09. The van der Waals surface area contributed by atoms with E-state index in [1.54, 1.807) is 19.8 Å². The molecule has 0 heterocycles. The lowest BCUT2D eigenvalue weighted by atomic mass is 10.1. The average molecular weight is 303 g/mol. The molecule has 0 aliphatic rings. The summed E-state index contributed by atoms with van der Waals surface area (Å²) in [5.41, 5.74) is 1.16. The van der Waals surface area contributed by atoms with Crippen molar-refractivity contribution in [3.8, 4) is 0 Å². The minimum Gasteiger partial charge on any atom is -0.465 e. The van der Waals surface area contributed by atoms with Crippen LogP contribution < -0.4 is 0 Å². The molecule has 1 atom stereocenters. The molecule has 0 N–H and O–H groups in total. The van der Waals surface area contributed by atoms with Crippen LogP contribution >= 0.6 is 0 Å². The van der Waals surface area contributed by atoms with Gasteiger partial charge in [-0.05, 0) is 31.7 Å². The average Bonchev–Trinajstić information content (AvgIpc) is 2.52. The first-order valence-electron chi connectivity index (χ1n) is 7.47. The van der Waals surface area contributed by atoms with Gasteiger partial charge in [-0.3, -0.25) is 9.59 Å². The van der Waals surface area contributed by atoms with Crippen molar-refractivity contribution in [1.29, 1.82) is 0 Å². The topological polar surface area (TPSA) is 52.6 Å². The Hall–Kier alpha value is -1.68. The second kappa shape index (κ2) is 11.9. The summed E-state index contributed by atoms with van der Waals surface area (Å²) < 4.78 is 10.2. The van der Waals surface area contributed by atoms with Crippen LogP contribution in [0.1, 0.15) is 31.7 Å². The molecule has 1 rings (SSSR count). The van der Waals surface area contributed by atoms with Gasteiger partial charge in [0.2, 0.25) is 0 Å². The molecule has 4 heteroatoms. The van der Waals surface area contributed by atoms with Gasteiger partial charge in [-0.2, -0.15) is 0 Å². The Morgan fingerprint density at radius 1 is 1.23 bits per heavy atom. The molecule has 0 aliphatic heterocycles. The summed E-state index contributed by atoms with van der Waals surface area (Å²) in [7, 11) is 0. The van der Waals surface area contributed by atoms with E-state index in [1.807, 2.05) is 30.3 Å². The number of hydrogen-bond acceptors (Lipinski definition) is 4. The summed E-state index contributed by atoms with van der Waals surface area (Å²) in [6.07, 6.45) is 6.65. The molecular formula is C18H23O4. The van der Waals surface area contributed by atoms with Gasteiger partial charge in [0.15, 0.2) is 0 Å². The molecule has 1 aromatic rings. The maximum absolute atomic E-state index is 11.6. The van der Waals surface area contributed by atoms with E-state index in [-0.39, 0.29) is 11.9 Å². The first-order valence-corrected chi connectivity index (χ1v) is 7.47. The number of benzene rings is 1. The third-order valence-corrected chi connectivity index (χ3v) is 3.01. The number of unbranched alkanes of at least 4 members (excludes halogenated alkanes) is 1. The van der Waals surface area contributed by atoms with E-state index >= 15 is 0 Å². The van der Waals surface area contributed by atoms with Crippen LogP contribution in [0.4, 0.5) is 0 Å². The molecule has 0 fully saturated rings. The molecule has 4 nitrogen and oxygen atoms in total. The number of rotatable bonds is 13. The van der Waals surface area contributed by atoms with E-state index in [2.05, 4.69) is 4.74 Å². The van der Waals surface area contributed by atoms with Crippen molar-refractivity contribution >= 4 is 12.3 Å². The fourth-order valence-electron chi connectivity index (χ4n) is 1.80. The van der Waals surface area contributed by atoms with Crippen LogP contribution in [0, 0.1) is 19.3 Å². The number of ketones is 1. The Balaban J connectivity index is 1.93. The zero-order valence-corrected chi connectivity index (χ0v) is 12.9. The van der Waals surface area contributed by atoms with Crippen molar-refractivity contribution in [3.05, 3.63) is 55.2 Å². The molecule has 0 spiro atoms. The van der Waals surface area contributed by atoms with Gasteiger partial charge in [0.1, 0.15) is 11.9 Å².